The van der Waals surface area contributed by atoms with Gasteiger partial charge in [0.2, 0.25) is 5.91 Å². The van der Waals surface area contributed by atoms with Crippen molar-refractivity contribution in [2.45, 2.75) is 334 Å². The van der Waals surface area contributed by atoms with Crippen LogP contribution in [-0.4, -0.2) is 47.4 Å². The number of amides is 1. The first-order chi connectivity index (χ1) is 31.5. The number of hydrogen-bond donors (Lipinski definition) is 3. The Morgan fingerprint density at radius 1 is 0.422 bits per heavy atom. The van der Waals surface area contributed by atoms with Gasteiger partial charge in [-0.15, -0.1) is 0 Å². The average Bonchev–Trinajstić information content (AvgIpc) is 3.29. The number of carbonyl (C=O) groups excluding carboxylic acids is 2. The van der Waals surface area contributed by atoms with Crippen LogP contribution in [0.15, 0.2) is 12.2 Å². The minimum atomic E-state index is -0.661. The van der Waals surface area contributed by atoms with E-state index >= 15 is 0 Å². The first kappa shape index (κ1) is 62.6. The van der Waals surface area contributed by atoms with E-state index in [1.165, 1.54) is 244 Å². The summed E-state index contributed by atoms with van der Waals surface area (Å²) in [5.41, 5.74) is 0. The van der Waals surface area contributed by atoms with Gasteiger partial charge in [-0.1, -0.05) is 276 Å². The molecular weight excluding hydrogens is 791 g/mol. The third-order valence-corrected chi connectivity index (χ3v) is 13.6. The lowest BCUT2D eigenvalue weighted by atomic mass is 10.0. The van der Waals surface area contributed by atoms with Gasteiger partial charge in [0.25, 0.3) is 0 Å². The second kappa shape index (κ2) is 54.2. The van der Waals surface area contributed by atoms with Crippen molar-refractivity contribution in [3.05, 3.63) is 12.2 Å². The monoisotopic (exact) mass is 904 g/mol. The molecule has 6 nitrogen and oxygen atoms in total. The minimum absolute atomic E-state index is 0.00458. The predicted octanol–water partition coefficient (Wildman–Crippen LogP) is 17.7. The molecule has 380 valence electrons. The molecular formula is C58H113NO5. The summed E-state index contributed by atoms with van der Waals surface area (Å²) in [5, 5.41) is 23.2. The molecule has 0 saturated carbocycles. The molecule has 0 aliphatic heterocycles. The Morgan fingerprint density at radius 2 is 0.750 bits per heavy atom. The van der Waals surface area contributed by atoms with Gasteiger partial charge in [-0.3, -0.25) is 9.59 Å². The summed E-state index contributed by atoms with van der Waals surface area (Å²) in [6, 6.07) is -0.538. The van der Waals surface area contributed by atoms with Gasteiger partial charge < -0.3 is 20.3 Å². The lowest BCUT2D eigenvalue weighted by molar-refractivity contribution is -0.143. The van der Waals surface area contributed by atoms with Crippen molar-refractivity contribution in [2.75, 3.05) is 13.2 Å². The quantitative estimate of drug-likeness (QED) is 0.0321. The van der Waals surface area contributed by atoms with E-state index in [2.05, 4.69) is 31.3 Å². The summed E-state index contributed by atoms with van der Waals surface area (Å²) in [6.07, 6.45) is 63.6. The molecule has 0 rings (SSSR count). The smallest absolute Gasteiger partial charge is 0.305 e. The first-order valence-electron chi connectivity index (χ1n) is 28.9. The van der Waals surface area contributed by atoms with Crippen LogP contribution in [-0.2, 0) is 14.3 Å². The van der Waals surface area contributed by atoms with Crippen molar-refractivity contribution < 1.29 is 24.5 Å². The number of aliphatic hydroxyl groups excluding tert-OH is 2. The van der Waals surface area contributed by atoms with Crippen molar-refractivity contribution >= 4 is 11.9 Å². The summed E-state index contributed by atoms with van der Waals surface area (Å²) in [7, 11) is 0. The van der Waals surface area contributed by atoms with Crippen LogP contribution in [0.3, 0.4) is 0 Å². The third kappa shape index (κ3) is 50.0. The maximum absolute atomic E-state index is 12.4. The molecule has 6 heteroatoms. The molecule has 0 aliphatic rings. The zero-order chi connectivity index (χ0) is 46.5. The number of hydrogen-bond acceptors (Lipinski definition) is 5. The second-order valence-electron chi connectivity index (χ2n) is 20.0. The van der Waals surface area contributed by atoms with Crippen LogP contribution in [0.2, 0.25) is 0 Å². The average molecular weight is 905 g/mol. The van der Waals surface area contributed by atoms with Crippen LogP contribution in [0.1, 0.15) is 322 Å². The third-order valence-electron chi connectivity index (χ3n) is 13.6. The van der Waals surface area contributed by atoms with Gasteiger partial charge in [0, 0.05) is 12.8 Å². The summed E-state index contributed by atoms with van der Waals surface area (Å²) in [4.78, 5) is 24.4. The van der Waals surface area contributed by atoms with E-state index in [-0.39, 0.29) is 18.5 Å². The first-order valence-corrected chi connectivity index (χ1v) is 28.9. The SMILES string of the molecule is CCCC/C=C\CCCCCCCC(=O)OCCCCCCCCCCCCCCCCCCCCCCCCCCC(=O)NC(CO)C(O)CCCCCCCCCCCCCC. The van der Waals surface area contributed by atoms with Crippen LogP contribution < -0.4 is 5.32 Å². The fourth-order valence-electron chi connectivity index (χ4n) is 9.09. The highest BCUT2D eigenvalue weighted by atomic mass is 16.5. The van der Waals surface area contributed by atoms with Crippen molar-refractivity contribution in [1.29, 1.82) is 0 Å². The van der Waals surface area contributed by atoms with Crippen LogP contribution in [0.25, 0.3) is 0 Å². The van der Waals surface area contributed by atoms with Crippen LogP contribution >= 0.6 is 0 Å². The van der Waals surface area contributed by atoms with Gasteiger partial charge in [0.1, 0.15) is 0 Å². The molecule has 0 aromatic rings. The Balaban J connectivity index is 3.35. The van der Waals surface area contributed by atoms with E-state index in [1.54, 1.807) is 0 Å². The number of unbranched alkanes of at least 4 members (excludes halogenated alkanes) is 41. The fourth-order valence-corrected chi connectivity index (χ4v) is 9.09. The number of carbonyl (C=O) groups is 2. The molecule has 0 spiro atoms. The van der Waals surface area contributed by atoms with E-state index in [0.717, 1.165) is 44.9 Å². The van der Waals surface area contributed by atoms with Gasteiger partial charge >= 0.3 is 5.97 Å². The molecule has 2 unspecified atom stereocenters. The minimum Gasteiger partial charge on any atom is -0.466 e. The van der Waals surface area contributed by atoms with E-state index in [1.807, 2.05) is 0 Å². The van der Waals surface area contributed by atoms with Crippen molar-refractivity contribution in [3.8, 4) is 0 Å². The molecule has 0 radical (unpaired) electrons. The van der Waals surface area contributed by atoms with Gasteiger partial charge in [-0.25, -0.2) is 0 Å². The van der Waals surface area contributed by atoms with Crippen LogP contribution in [0, 0.1) is 0 Å². The van der Waals surface area contributed by atoms with Crippen molar-refractivity contribution in [3.63, 3.8) is 0 Å². The highest BCUT2D eigenvalue weighted by Crippen LogP contribution is 2.18. The highest BCUT2D eigenvalue weighted by Gasteiger charge is 2.20. The van der Waals surface area contributed by atoms with Crippen molar-refractivity contribution in [1.82, 2.24) is 5.32 Å². The number of allylic oxidation sites excluding steroid dienone is 2. The van der Waals surface area contributed by atoms with Gasteiger partial charge in [0.05, 0.1) is 25.4 Å². The van der Waals surface area contributed by atoms with Crippen molar-refractivity contribution in [2.24, 2.45) is 0 Å². The Morgan fingerprint density at radius 3 is 1.16 bits per heavy atom. The molecule has 3 N–H and O–H groups in total. The molecule has 0 fully saturated rings. The van der Waals surface area contributed by atoms with E-state index in [0.29, 0.717) is 25.9 Å². The molecule has 0 saturated heterocycles. The molecule has 0 aromatic carbocycles. The van der Waals surface area contributed by atoms with E-state index in [9.17, 15) is 19.8 Å². The molecule has 0 bridgehead atoms. The number of aliphatic hydroxyl groups is 2. The van der Waals surface area contributed by atoms with Gasteiger partial charge in [-0.05, 0) is 44.9 Å². The number of rotatable bonds is 54. The topological polar surface area (TPSA) is 95.9 Å². The second-order valence-corrected chi connectivity index (χ2v) is 20.0. The van der Waals surface area contributed by atoms with E-state index < -0.39 is 12.1 Å². The van der Waals surface area contributed by atoms with Gasteiger partial charge in [-0.2, -0.15) is 0 Å². The van der Waals surface area contributed by atoms with Gasteiger partial charge in [0.15, 0.2) is 0 Å². The summed E-state index contributed by atoms with van der Waals surface area (Å²) >= 11 is 0. The lowest BCUT2D eigenvalue weighted by Crippen LogP contribution is -2.45. The standard InChI is InChI=1S/C58H113NO5/c1-3-5-7-9-11-13-15-31-34-38-42-46-50-56(61)55(54-60)59-57(62)51-47-43-39-35-32-28-26-24-22-20-18-16-17-19-21-23-25-27-29-33-37-41-45-49-53-64-58(63)52-48-44-40-36-30-14-12-10-8-6-4-2/h10,12,55-56,60-61H,3-9,11,13-54H2,1-2H3,(H,59,62)/b12-10-. The largest absolute Gasteiger partial charge is 0.466 e. The summed E-state index contributed by atoms with van der Waals surface area (Å²) in [5.74, 6) is -0.0286. The maximum atomic E-state index is 12.4. The predicted molar refractivity (Wildman–Crippen MR) is 278 cm³/mol. The lowest BCUT2D eigenvalue weighted by Gasteiger charge is -2.22. The molecule has 1 amide bonds. The van der Waals surface area contributed by atoms with E-state index in [4.69, 9.17) is 4.74 Å². The molecule has 0 heterocycles. The maximum Gasteiger partial charge on any atom is 0.305 e. The number of ether oxygens (including phenoxy) is 1. The normalized spacial score (nSPS) is 12.6. The van der Waals surface area contributed by atoms with Crippen LogP contribution in [0.5, 0.6) is 0 Å². The Labute approximate surface area is 399 Å². The Kier molecular flexibility index (Phi) is 53.0. The fraction of sp³-hybridized carbons (Fsp3) is 0.931. The van der Waals surface area contributed by atoms with Crippen LogP contribution in [0.4, 0.5) is 0 Å². The summed E-state index contributed by atoms with van der Waals surface area (Å²) in [6.45, 7) is 4.92. The molecule has 64 heavy (non-hydrogen) atoms. The Hall–Kier alpha value is -1.40. The Bertz CT molecular complexity index is 955. The summed E-state index contributed by atoms with van der Waals surface area (Å²) < 4.78 is 5.46. The number of esters is 1. The molecule has 2 atom stereocenters. The molecule has 0 aromatic heterocycles. The zero-order valence-corrected chi connectivity index (χ0v) is 43.3. The highest BCUT2D eigenvalue weighted by molar-refractivity contribution is 5.76. The molecule has 0 aliphatic carbocycles. The number of nitrogens with one attached hydrogen (secondary N) is 1. The zero-order valence-electron chi connectivity index (χ0n) is 43.3.